The molecule has 0 fully saturated rings. The summed E-state index contributed by atoms with van der Waals surface area (Å²) >= 11 is 1.47. The molecule has 4 aromatic rings. The van der Waals surface area contributed by atoms with Crippen LogP contribution in [0.2, 0.25) is 0 Å². The third kappa shape index (κ3) is 5.64. The lowest BCUT2D eigenvalue weighted by molar-refractivity contribution is -0.385. The molecule has 164 valence electrons. The van der Waals surface area contributed by atoms with E-state index in [0.29, 0.717) is 12.8 Å². The number of hydrogen-bond donors (Lipinski definition) is 0. The van der Waals surface area contributed by atoms with Crippen LogP contribution in [0.15, 0.2) is 107 Å². The molecular weight excluding hydrogens is 436 g/mol. The van der Waals surface area contributed by atoms with Gasteiger partial charge >= 0.3 is 0 Å². The zero-order valence-electron chi connectivity index (χ0n) is 17.6. The molecule has 0 N–H and O–H groups in total. The first-order valence-corrected chi connectivity index (χ1v) is 11.1. The van der Waals surface area contributed by atoms with Crippen molar-refractivity contribution in [2.45, 2.75) is 22.6 Å². The van der Waals surface area contributed by atoms with Crippen molar-refractivity contribution >= 4 is 23.1 Å². The van der Waals surface area contributed by atoms with Crippen molar-refractivity contribution in [3.8, 4) is 0 Å². The standard InChI is InChI=1S/C26H20N2O4S/c29-27(30)23-11-13-25(21(17-23)15-19-7-3-1-4-8-19)33-26-14-12-24(28(31)32)18-22(26)16-20-9-5-2-6-10-20/h1-14,17-18H,15-16H2. The largest absolute Gasteiger partial charge is 0.269 e. The third-order valence-corrected chi connectivity index (χ3v) is 6.44. The molecule has 0 saturated heterocycles. The normalized spacial score (nSPS) is 10.7. The van der Waals surface area contributed by atoms with Crippen LogP contribution >= 0.6 is 11.8 Å². The summed E-state index contributed by atoms with van der Waals surface area (Å²) < 4.78 is 0. The van der Waals surface area contributed by atoms with Gasteiger partial charge in [0.2, 0.25) is 0 Å². The number of nitro benzene ring substituents is 2. The molecule has 33 heavy (non-hydrogen) atoms. The molecule has 7 heteroatoms. The Hall–Kier alpha value is -3.97. The quantitative estimate of drug-likeness (QED) is 0.214. The summed E-state index contributed by atoms with van der Waals surface area (Å²) in [5.41, 5.74) is 3.85. The van der Waals surface area contributed by atoms with Gasteiger partial charge in [0.15, 0.2) is 0 Å². The van der Waals surface area contributed by atoms with Crippen molar-refractivity contribution in [3.63, 3.8) is 0 Å². The summed E-state index contributed by atoms with van der Waals surface area (Å²) in [6.45, 7) is 0. The van der Waals surface area contributed by atoms with Crippen LogP contribution in [0.5, 0.6) is 0 Å². The van der Waals surface area contributed by atoms with Crippen molar-refractivity contribution in [3.05, 3.63) is 140 Å². The fourth-order valence-corrected chi connectivity index (χ4v) is 4.62. The maximum Gasteiger partial charge on any atom is 0.269 e. The topological polar surface area (TPSA) is 86.3 Å². The molecule has 0 aromatic heterocycles. The van der Waals surface area contributed by atoms with Crippen molar-refractivity contribution < 1.29 is 9.85 Å². The van der Waals surface area contributed by atoms with Gasteiger partial charge < -0.3 is 0 Å². The number of non-ortho nitro benzene ring substituents is 2. The highest BCUT2D eigenvalue weighted by molar-refractivity contribution is 7.99. The molecule has 4 aromatic carbocycles. The van der Waals surface area contributed by atoms with E-state index in [9.17, 15) is 20.2 Å². The molecule has 0 saturated carbocycles. The first kappa shape index (κ1) is 22.2. The van der Waals surface area contributed by atoms with Crippen molar-refractivity contribution in [1.82, 2.24) is 0 Å². The highest BCUT2D eigenvalue weighted by atomic mass is 32.2. The van der Waals surface area contributed by atoms with Crippen LogP contribution in [0.3, 0.4) is 0 Å². The second-order valence-electron chi connectivity index (χ2n) is 7.53. The Morgan fingerprint density at radius 1 is 0.576 bits per heavy atom. The Kier molecular flexibility index (Phi) is 6.80. The molecule has 0 aliphatic heterocycles. The van der Waals surface area contributed by atoms with E-state index in [1.54, 1.807) is 24.3 Å². The van der Waals surface area contributed by atoms with E-state index < -0.39 is 9.85 Å². The van der Waals surface area contributed by atoms with Gasteiger partial charge in [0.1, 0.15) is 0 Å². The molecule has 0 amide bonds. The summed E-state index contributed by atoms with van der Waals surface area (Å²) in [7, 11) is 0. The van der Waals surface area contributed by atoms with Crippen molar-refractivity contribution in [1.29, 1.82) is 0 Å². The van der Waals surface area contributed by atoms with E-state index in [-0.39, 0.29) is 11.4 Å². The van der Waals surface area contributed by atoms with Gasteiger partial charge in [-0.3, -0.25) is 20.2 Å². The molecule has 0 heterocycles. The molecular formula is C26H20N2O4S. The van der Waals surface area contributed by atoms with Gasteiger partial charge in [-0.25, -0.2) is 0 Å². The Morgan fingerprint density at radius 3 is 1.33 bits per heavy atom. The van der Waals surface area contributed by atoms with Gasteiger partial charge in [0.25, 0.3) is 11.4 Å². The summed E-state index contributed by atoms with van der Waals surface area (Å²) in [5, 5.41) is 22.7. The van der Waals surface area contributed by atoms with Crippen LogP contribution in [0.25, 0.3) is 0 Å². The SMILES string of the molecule is O=[N+]([O-])c1ccc(Sc2ccc([N+](=O)[O-])cc2Cc2ccccc2)c(Cc2ccccc2)c1. The van der Waals surface area contributed by atoms with E-state index in [1.165, 1.54) is 23.9 Å². The van der Waals surface area contributed by atoms with Crippen molar-refractivity contribution in [2.24, 2.45) is 0 Å². The summed E-state index contributed by atoms with van der Waals surface area (Å²) in [4.78, 5) is 23.7. The zero-order valence-corrected chi connectivity index (χ0v) is 18.4. The fraction of sp³-hybridized carbons (Fsp3) is 0.0769. The molecule has 0 unspecified atom stereocenters. The molecule has 4 rings (SSSR count). The minimum atomic E-state index is -0.393. The van der Waals surface area contributed by atoms with Gasteiger partial charge in [-0.1, -0.05) is 72.4 Å². The lowest BCUT2D eigenvalue weighted by Gasteiger charge is -2.13. The number of benzene rings is 4. The maximum absolute atomic E-state index is 11.4. The van der Waals surface area contributed by atoms with Gasteiger partial charge in [0.05, 0.1) is 9.85 Å². The second-order valence-corrected chi connectivity index (χ2v) is 8.61. The average molecular weight is 457 g/mol. The number of nitrogens with zero attached hydrogens (tertiary/aromatic N) is 2. The monoisotopic (exact) mass is 456 g/mol. The van der Waals surface area contributed by atoms with E-state index >= 15 is 0 Å². The Balaban J connectivity index is 1.73. The highest BCUT2D eigenvalue weighted by Crippen LogP contribution is 2.37. The smallest absolute Gasteiger partial charge is 0.258 e. The molecule has 0 atom stereocenters. The third-order valence-electron chi connectivity index (χ3n) is 5.20. The predicted molar refractivity (Wildman–Crippen MR) is 129 cm³/mol. The summed E-state index contributed by atoms with van der Waals surface area (Å²) in [5.74, 6) is 0. The van der Waals surface area contributed by atoms with Crippen LogP contribution in [0, 0.1) is 20.2 Å². The first-order valence-electron chi connectivity index (χ1n) is 10.3. The van der Waals surface area contributed by atoms with Crippen molar-refractivity contribution in [2.75, 3.05) is 0 Å². The van der Waals surface area contributed by atoms with Gasteiger partial charge in [-0.2, -0.15) is 0 Å². The molecule has 0 aliphatic rings. The Labute approximate surface area is 195 Å². The highest BCUT2D eigenvalue weighted by Gasteiger charge is 2.16. The molecule has 0 spiro atoms. The van der Waals surface area contributed by atoms with Gasteiger partial charge in [-0.15, -0.1) is 0 Å². The molecule has 0 radical (unpaired) electrons. The van der Waals surface area contributed by atoms with Gasteiger partial charge in [0, 0.05) is 34.1 Å². The molecule has 0 aliphatic carbocycles. The maximum atomic E-state index is 11.4. The van der Waals surface area contributed by atoms with Gasteiger partial charge in [-0.05, 0) is 47.2 Å². The molecule has 6 nitrogen and oxygen atoms in total. The van der Waals surface area contributed by atoms with Crippen LogP contribution in [0.4, 0.5) is 11.4 Å². The average Bonchev–Trinajstić information content (AvgIpc) is 2.82. The number of rotatable bonds is 8. The van der Waals surface area contributed by atoms with Crippen LogP contribution < -0.4 is 0 Å². The van der Waals surface area contributed by atoms with Crippen LogP contribution in [-0.2, 0) is 12.8 Å². The Bertz CT molecular complexity index is 1190. The van der Waals surface area contributed by atoms with Crippen LogP contribution in [-0.4, -0.2) is 9.85 Å². The van der Waals surface area contributed by atoms with E-state index in [0.717, 1.165) is 32.0 Å². The van der Waals surface area contributed by atoms with E-state index in [2.05, 4.69) is 0 Å². The lowest BCUT2D eigenvalue weighted by Crippen LogP contribution is -1.97. The van der Waals surface area contributed by atoms with E-state index in [1.807, 2.05) is 60.7 Å². The second kappa shape index (κ2) is 10.1. The molecule has 0 bridgehead atoms. The summed E-state index contributed by atoms with van der Waals surface area (Å²) in [6, 6.07) is 29.3. The zero-order chi connectivity index (χ0) is 23.2. The van der Waals surface area contributed by atoms with E-state index in [4.69, 9.17) is 0 Å². The minimum Gasteiger partial charge on any atom is -0.258 e. The number of nitro groups is 2. The number of hydrogen-bond acceptors (Lipinski definition) is 5. The predicted octanol–water partition coefficient (Wildman–Crippen LogP) is 6.84. The Morgan fingerprint density at radius 2 is 0.970 bits per heavy atom. The summed E-state index contributed by atoms with van der Waals surface area (Å²) in [6.07, 6.45) is 1.09. The first-order chi connectivity index (χ1) is 16.0. The lowest BCUT2D eigenvalue weighted by atomic mass is 10.0. The fourth-order valence-electron chi connectivity index (χ4n) is 3.58. The van der Waals surface area contributed by atoms with Crippen LogP contribution in [0.1, 0.15) is 22.3 Å². The minimum absolute atomic E-state index is 0.0403.